The molecule has 88 valence electrons. The molecule has 1 saturated heterocycles. The van der Waals surface area contributed by atoms with Gasteiger partial charge in [0.15, 0.2) is 0 Å². The van der Waals surface area contributed by atoms with Gasteiger partial charge in [0.1, 0.15) is 6.04 Å². The fraction of sp³-hybridized carbons (Fsp3) is 0.636. The molecule has 0 amide bonds. The van der Waals surface area contributed by atoms with Crippen molar-refractivity contribution in [1.29, 1.82) is 0 Å². The summed E-state index contributed by atoms with van der Waals surface area (Å²) in [5, 5.41) is 16.3. The monoisotopic (exact) mass is 223 g/mol. The lowest BCUT2D eigenvalue weighted by Crippen LogP contribution is -2.34. The number of aryl methyl sites for hydroxylation is 1. The van der Waals surface area contributed by atoms with E-state index >= 15 is 0 Å². The predicted molar refractivity (Wildman–Crippen MR) is 59.3 cm³/mol. The van der Waals surface area contributed by atoms with Crippen molar-refractivity contribution in [2.75, 3.05) is 6.54 Å². The number of nitrogens with one attached hydrogen (secondary N) is 1. The van der Waals surface area contributed by atoms with Crippen molar-refractivity contribution >= 4 is 5.97 Å². The normalized spacial score (nSPS) is 24.8. The average molecular weight is 223 g/mol. The molecule has 16 heavy (non-hydrogen) atoms. The molecule has 5 nitrogen and oxygen atoms in total. The summed E-state index contributed by atoms with van der Waals surface area (Å²) in [6.07, 6.45) is 5.67. The van der Waals surface area contributed by atoms with Crippen molar-refractivity contribution in [2.24, 2.45) is 0 Å². The first-order valence-corrected chi connectivity index (χ1v) is 5.71. The van der Waals surface area contributed by atoms with Gasteiger partial charge in [-0.1, -0.05) is 6.92 Å². The molecule has 2 unspecified atom stereocenters. The van der Waals surface area contributed by atoms with Gasteiger partial charge < -0.3 is 10.4 Å². The van der Waals surface area contributed by atoms with Gasteiger partial charge in [0.05, 0.1) is 6.20 Å². The minimum atomic E-state index is -0.772. The molecule has 0 bridgehead atoms. The van der Waals surface area contributed by atoms with Gasteiger partial charge in [0.25, 0.3) is 0 Å². The molecule has 2 heterocycles. The van der Waals surface area contributed by atoms with Crippen LogP contribution in [0.1, 0.15) is 31.2 Å². The Morgan fingerprint density at radius 2 is 2.56 bits per heavy atom. The van der Waals surface area contributed by atoms with Crippen LogP contribution in [0, 0.1) is 0 Å². The third-order valence-corrected chi connectivity index (χ3v) is 3.02. The fourth-order valence-corrected chi connectivity index (χ4v) is 2.24. The van der Waals surface area contributed by atoms with E-state index in [-0.39, 0.29) is 5.92 Å². The van der Waals surface area contributed by atoms with Crippen LogP contribution in [-0.2, 0) is 11.3 Å². The number of nitrogens with zero attached hydrogens (tertiary/aromatic N) is 2. The molecule has 0 aromatic carbocycles. The second-order valence-corrected chi connectivity index (χ2v) is 4.20. The molecule has 2 rings (SSSR count). The van der Waals surface area contributed by atoms with E-state index in [0.717, 1.165) is 31.5 Å². The summed E-state index contributed by atoms with van der Waals surface area (Å²) in [7, 11) is 0. The minimum Gasteiger partial charge on any atom is -0.480 e. The van der Waals surface area contributed by atoms with E-state index in [1.807, 2.05) is 10.9 Å². The number of carbonyl (C=O) groups is 1. The van der Waals surface area contributed by atoms with Gasteiger partial charge in [-0.25, -0.2) is 0 Å². The number of carboxylic acids is 1. The number of aliphatic carboxylic acids is 1. The van der Waals surface area contributed by atoms with E-state index in [0.29, 0.717) is 0 Å². The van der Waals surface area contributed by atoms with Crippen LogP contribution in [0.15, 0.2) is 12.4 Å². The van der Waals surface area contributed by atoms with Crippen LogP contribution in [0.4, 0.5) is 0 Å². The van der Waals surface area contributed by atoms with Gasteiger partial charge in [-0.05, 0) is 24.9 Å². The van der Waals surface area contributed by atoms with Crippen molar-refractivity contribution in [3.05, 3.63) is 18.0 Å². The maximum Gasteiger partial charge on any atom is 0.321 e. The van der Waals surface area contributed by atoms with Crippen molar-refractivity contribution in [1.82, 2.24) is 15.1 Å². The molecule has 0 saturated carbocycles. The Balaban J connectivity index is 2.13. The first-order chi connectivity index (χ1) is 7.72. The van der Waals surface area contributed by atoms with Crippen LogP contribution in [0.2, 0.25) is 0 Å². The van der Waals surface area contributed by atoms with Gasteiger partial charge >= 0.3 is 5.97 Å². The molecule has 1 aliphatic rings. The Morgan fingerprint density at radius 1 is 1.75 bits per heavy atom. The number of rotatable bonds is 4. The summed E-state index contributed by atoms with van der Waals surface area (Å²) in [5.41, 5.74) is 1.03. The Labute approximate surface area is 94.5 Å². The standard InChI is InChI=1S/C11H17N3O2/c1-2-5-14-7-8(6-13-14)9-3-4-12-10(9)11(15)16/h6-7,9-10,12H,2-5H2,1H3,(H,15,16). The zero-order valence-electron chi connectivity index (χ0n) is 9.39. The van der Waals surface area contributed by atoms with E-state index < -0.39 is 12.0 Å². The Hall–Kier alpha value is -1.36. The largest absolute Gasteiger partial charge is 0.480 e. The zero-order chi connectivity index (χ0) is 11.5. The number of aromatic nitrogens is 2. The molecule has 2 atom stereocenters. The van der Waals surface area contributed by atoms with Crippen LogP contribution >= 0.6 is 0 Å². The van der Waals surface area contributed by atoms with Crippen LogP contribution in [-0.4, -0.2) is 33.4 Å². The summed E-state index contributed by atoms with van der Waals surface area (Å²) in [5.74, 6) is -0.714. The van der Waals surface area contributed by atoms with E-state index in [9.17, 15) is 4.79 Å². The second-order valence-electron chi connectivity index (χ2n) is 4.20. The summed E-state index contributed by atoms with van der Waals surface area (Å²) < 4.78 is 1.88. The van der Waals surface area contributed by atoms with Crippen molar-refractivity contribution < 1.29 is 9.90 Å². The molecule has 1 aromatic rings. The molecule has 2 N–H and O–H groups in total. The Kier molecular flexibility index (Phi) is 3.24. The van der Waals surface area contributed by atoms with Crippen LogP contribution < -0.4 is 5.32 Å². The zero-order valence-corrected chi connectivity index (χ0v) is 9.39. The number of hydrogen-bond donors (Lipinski definition) is 2. The number of carboxylic acid groups (broad SMARTS) is 1. The third kappa shape index (κ3) is 2.09. The van der Waals surface area contributed by atoms with E-state index in [2.05, 4.69) is 17.3 Å². The van der Waals surface area contributed by atoms with E-state index in [1.54, 1.807) is 6.20 Å². The van der Waals surface area contributed by atoms with Gasteiger partial charge in [-0.3, -0.25) is 9.48 Å². The molecule has 1 aliphatic heterocycles. The third-order valence-electron chi connectivity index (χ3n) is 3.02. The van der Waals surface area contributed by atoms with Crippen LogP contribution in [0.5, 0.6) is 0 Å². The highest BCUT2D eigenvalue weighted by Crippen LogP contribution is 2.27. The topological polar surface area (TPSA) is 67.2 Å². The molecule has 5 heteroatoms. The SMILES string of the molecule is CCCn1cc(C2CCNC2C(=O)O)cn1. The molecular weight excluding hydrogens is 206 g/mol. The summed E-state index contributed by atoms with van der Waals surface area (Å²) in [6, 6.07) is -0.459. The molecule has 1 fully saturated rings. The molecule has 0 radical (unpaired) electrons. The smallest absolute Gasteiger partial charge is 0.321 e. The van der Waals surface area contributed by atoms with Crippen LogP contribution in [0.3, 0.4) is 0 Å². The summed E-state index contributed by atoms with van der Waals surface area (Å²) >= 11 is 0. The Morgan fingerprint density at radius 3 is 3.25 bits per heavy atom. The van der Waals surface area contributed by atoms with Gasteiger partial charge in [-0.2, -0.15) is 5.10 Å². The fourth-order valence-electron chi connectivity index (χ4n) is 2.24. The van der Waals surface area contributed by atoms with Gasteiger partial charge in [0, 0.05) is 18.7 Å². The first-order valence-electron chi connectivity index (χ1n) is 5.71. The van der Waals surface area contributed by atoms with E-state index in [1.165, 1.54) is 0 Å². The number of hydrogen-bond acceptors (Lipinski definition) is 3. The summed E-state index contributed by atoms with van der Waals surface area (Å²) in [6.45, 7) is 3.75. The predicted octanol–water partition coefficient (Wildman–Crippen LogP) is 0.823. The maximum atomic E-state index is 11.0. The average Bonchev–Trinajstić information content (AvgIpc) is 2.83. The Bertz CT molecular complexity index is 375. The van der Waals surface area contributed by atoms with Crippen molar-refractivity contribution in [3.8, 4) is 0 Å². The summed E-state index contributed by atoms with van der Waals surface area (Å²) in [4.78, 5) is 11.0. The van der Waals surface area contributed by atoms with E-state index in [4.69, 9.17) is 5.11 Å². The molecule has 1 aromatic heterocycles. The minimum absolute atomic E-state index is 0.0584. The molecular formula is C11H17N3O2. The van der Waals surface area contributed by atoms with Crippen molar-refractivity contribution in [3.63, 3.8) is 0 Å². The molecule has 0 spiro atoms. The lowest BCUT2D eigenvalue weighted by Gasteiger charge is -2.13. The highest BCUT2D eigenvalue weighted by Gasteiger charge is 2.34. The lowest BCUT2D eigenvalue weighted by molar-refractivity contribution is -0.139. The molecule has 0 aliphatic carbocycles. The van der Waals surface area contributed by atoms with Gasteiger partial charge in [0.2, 0.25) is 0 Å². The maximum absolute atomic E-state index is 11.0. The van der Waals surface area contributed by atoms with Crippen LogP contribution in [0.25, 0.3) is 0 Å². The first kappa shape index (κ1) is 11.1. The highest BCUT2D eigenvalue weighted by atomic mass is 16.4. The lowest BCUT2D eigenvalue weighted by atomic mass is 9.95. The second kappa shape index (κ2) is 4.65. The van der Waals surface area contributed by atoms with Gasteiger partial charge in [-0.15, -0.1) is 0 Å². The highest BCUT2D eigenvalue weighted by molar-refractivity contribution is 5.75. The quantitative estimate of drug-likeness (QED) is 0.793. The van der Waals surface area contributed by atoms with Crippen molar-refractivity contribution in [2.45, 2.75) is 38.3 Å².